The lowest BCUT2D eigenvalue weighted by Gasteiger charge is -2.01. The summed E-state index contributed by atoms with van der Waals surface area (Å²) in [5, 5.41) is 2.46. The zero-order valence-corrected chi connectivity index (χ0v) is 7.26. The Morgan fingerprint density at radius 2 is 2.58 bits per heavy atom. The van der Waals surface area contributed by atoms with E-state index in [1.165, 1.54) is 6.33 Å². The molecule has 0 aliphatic carbocycles. The number of aromatic nitrogens is 2. The second kappa shape index (κ2) is 3.31. The number of anilines is 1. The number of nitrogens with one attached hydrogen (secondary N) is 1. The highest BCUT2D eigenvalue weighted by atomic mass is 32.1. The van der Waals surface area contributed by atoms with Crippen molar-refractivity contribution in [3.63, 3.8) is 0 Å². The Hall–Kier alpha value is -1.43. The van der Waals surface area contributed by atoms with E-state index in [1.54, 1.807) is 11.6 Å². The fourth-order valence-electron chi connectivity index (χ4n) is 0.837. The van der Waals surface area contributed by atoms with Crippen LogP contribution in [0.2, 0.25) is 0 Å². The molecule has 0 aliphatic heterocycles. The molecule has 0 spiro atoms. The number of amides is 1. The number of nitrogens with two attached hydrogens (primary N) is 1. The second-order valence-electron chi connectivity index (χ2n) is 2.18. The van der Waals surface area contributed by atoms with Crippen molar-refractivity contribution in [1.82, 2.24) is 9.55 Å². The molecular formula is C6H8N4OS. The van der Waals surface area contributed by atoms with Crippen molar-refractivity contribution >= 4 is 29.4 Å². The summed E-state index contributed by atoms with van der Waals surface area (Å²) in [6.07, 6.45) is 2.08. The second-order valence-corrected chi connectivity index (χ2v) is 2.62. The van der Waals surface area contributed by atoms with Crippen LogP contribution in [0.15, 0.2) is 6.33 Å². The highest BCUT2D eigenvalue weighted by Crippen LogP contribution is 2.10. The highest BCUT2D eigenvalue weighted by Gasteiger charge is 2.09. The predicted octanol–water partition coefficient (Wildman–Crippen LogP) is -0.377. The van der Waals surface area contributed by atoms with Gasteiger partial charge in [-0.2, -0.15) is 0 Å². The molecule has 1 rings (SSSR count). The molecule has 6 heteroatoms. The lowest BCUT2D eigenvalue weighted by molar-refractivity contribution is -0.105. The topological polar surface area (TPSA) is 72.9 Å². The van der Waals surface area contributed by atoms with Gasteiger partial charge in [0.1, 0.15) is 16.5 Å². The van der Waals surface area contributed by atoms with E-state index < -0.39 is 0 Å². The minimum Gasteiger partial charge on any atom is -0.388 e. The van der Waals surface area contributed by atoms with Gasteiger partial charge in [0.2, 0.25) is 6.41 Å². The summed E-state index contributed by atoms with van der Waals surface area (Å²) in [6, 6.07) is 0. The van der Waals surface area contributed by atoms with Crippen LogP contribution in [0, 0.1) is 0 Å². The molecule has 64 valence electrons. The number of carbonyl (C=O) groups excluding carboxylic acids is 1. The SMILES string of the molecule is Cn1cnc(C(N)=S)c1NC=O. The van der Waals surface area contributed by atoms with Gasteiger partial charge in [-0.25, -0.2) is 4.98 Å². The maximum atomic E-state index is 10.2. The summed E-state index contributed by atoms with van der Waals surface area (Å²) in [7, 11) is 1.74. The zero-order chi connectivity index (χ0) is 9.14. The number of nitrogens with zero attached hydrogens (tertiary/aromatic N) is 2. The monoisotopic (exact) mass is 184 g/mol. The van der Waals surface area contributed by atoms with Crippen LogP contribution in [0.4, 0.5) is 5.82 Å². The van der Waals surface area contributed by atoms with Gasteiger partial charge in [0, 0.05) is 7.05 Å². The first-order chi connectivity index (χ1) is 5.66. The van der Waals surface area contributed by atoms with Gasteiger partial charge < -0.3 is 15.6 Å². The number of thiocarbonyl (C=S) groups is 1. The molecule has 1 heterocycles. The summed E-state index contributed by atoms with van der Waals surface area (Å²) in [5.41, 5.74) is 5.79. The van der Waals surface area contributed by atoms with Gasteiger partial charge in [-0.1, -0.05) is 12.2 Å². The lowest BCUT2D eigenvalue weighted by atomic mass is 10.4. The first-order valence-electron chi connectivity index (χ1n) is 3.18. The molecule has 12 heavy (non-hydrogen) atoms. The summed E-state index contributed by atoms with van der Waals surface area (Å²) in [6.45, 7) is 0. The van der Waals surface area contributed by atoms with Crippen molar-refractivity contribution in [2.45, 2.75) is 0 Å². The Labute approximate surface area is 74.6 Å². The Bertz CT molecular complexity index is 319. The minimum atomic E-state index is 0.167. The van der Waals surface area contributed by atoms with Crippen LogP contribution in [0.5, 0.6) is 0 Å². The van der Waals surface area contributed by atoms with E-state index in [9.17, 15) is 4.79 Å². The van der Waals surface area contributed by atoms with Crippen LogP contribution in [0.1, 0.15) is 5.69 Å². The first kappa shape index (κ1) is 8.66. The summed E-state index contributed by atoms with van der Waals surface area (Å²) in [4.78, 5) is 14.2. The van der Waals surface area contributed by atoms with Crippen LogP contribution in [0.25, 0.3) is 0 Å². The molecule has 1 amide bonds. The lowest BCUT2D eigenvalue weighted by Crippen LogP contribution is -2.13. The molecule has 5 nitrogen and oxygen atoms in total. The van der Waals surface area contributed by atoms with E-state index in [2.05, 4.69) is 10.3 Å². The van der Waals surface area contributed by atoms with E-state index in [0.29, 0.717) is 17.9 Å². The number of hydrogen-bond donors (Lipinski definition) is 2. The van der Waals surface area contributed by atoms with Crippen LogP contribution in [-0.4, -0.2) is 20.9 Å². The maximum absolute atomic E-state index is 10.2. The Morgan fingerprint density at radius 3 is 3.08 bits per heavy atom. The van der Waals surface area contributed by atoms with Gasteiger partial charge in [-0.3, -0.25) is 4.79 Å². The number of carbonyl (C=O) groups is 1. The van der Waals surface area contributed by atoms with Gasteiger partial charge in [-0.15, -0.1) is 0 Å². The van der Waals surface area contributed by atoms with Crippen molar-refractivity contribution in [3.8, 4) is 0 Å². The van der Waals surface area contributed by atoms with E-state index in [0.717, 1.165) is 0 Å². The highest BCUT2D eigenvalue weighted by molar-refractivity contribution is 7.80. The van der Waals surface area contributed by atoms with Gasteiger partial charge in [0.05, 0.1) is 6.33 Å². The third kappa shape index (κ3) is 1.42. The number of aryl methyl sites for hydroxylation is 1. The molecular weight excluding hydrogens is 176 g/mol. The first-order valence-corrected chi connectivity index (χ1v) is 3.59. The van der Waals surface area contributed by atoms with Crippen molar-refractivity contribution in [3.05, 3.63) is 12.0 Å². The minimum absolute atomic E-state index is 0.167. The van der Waals surface area contributed by atoms with Crippen LogP contribution in [-0.2, 0) is 11.8 Å². The molecule has 0 aliphatic rings. The maximum Gasteiger partial charge on any atom is 0.212 e. The Balaban J connectivity index is 3.11. The van der Waals surface area contributed by atoms with E-state index in [-0.39, 0.29) is 4.99 Å². The van der Waals surface area contributed by atoms with E-state index in [4.69, 9.17) is 18.0 Å². The molecule has 0 saturated heterocycles. The number of rotatable bonds is 3. The average molecular weight is 184 g/mol. The fraction of sp³-hybridized carbons (Fsp3) is 0.167. The van der Waals surface area contributed by atoms with Crippen LogP contribution in [0.3, 0.4) is 0 Å². The standard InChI is InChI=1S/C6H8N4OS/c1-10-2-8-4(5(7)12)6(10)9-3-11/h2-3H,1H3,(H2,7,12)(H,9,11). The Morgan fingerprint density at radius 1 is 1.92 bits per heavy atom. The molecule has 3 N–H and O–H groups in total. The molecule has 0 bridgehead atoms. The molecule has 0 atom stereocenters. The molecule has 0 saturated carbocycles. The van der Waals surface area contributed by atoms with E-state index in [1.807, 2.05) is 0 Å². The van der Waals surface area contributed by atoms with Gasteiger partial charge in [0.25, 0.3) is 0 Å². The molecule has 0 aromatic carbocycles. The summed E-state index contributed by atoms with van der Waals surface area (Å²) in [5.74, 6) is 0.512. The third-order valence-electron chi connectivity index (χ3n) is 1.37. The van der Waals surface area contributed by atoms with Gasteiger partial charge in [0.15, 0.2) is 0 Å². The molecule has 1 aromatic rings. The third-order valence-corrected chi connectivity index (χ3v) is 1.56. The fourth-order valence-corrected chi connectivity index (χ4v) is 0.986. The smallest absolute Gasteiger partial charge is 0.212 e. The van der Waals surface area contributed by atoms with Gasteiger partial charge in [-0.05, 0) is 0 Å². The van der Waals surface area contributed by atoms with Crippen LogP contribution >= 0.6 is 12.2 Å². The molecule has 1 aromatic heterocycles. The van der Waals surface area contributed by atoms with Crippen LogP contribution < -0.4 is 11.1 Å². The molecule has 0 radical (unpaired) electrons. The zero-order valence-electron chi connectivity index (χ0n) is 6.44. The van der Waals surface area contributed by atoms with Gasteiger partial charge >= 0.3 is 0 Å². The van der Waals surface area contributed by atoms with Crippen molar-refractivity contribution in [2.24, 2.45) is 12.8 Å². The predicted molar refractivity (Wildman–Crippen MR) is 48.8 cm³/mol. The number of imidazole rings is 1. The number of hydrogen-bond acceptors (Lipinski definition) is 3. The summed E-state index contributed by atoms with van der Waals surface area (Å²) < 4.78 is 1.63. The van der Waals surface area contributed by atoms with Crippen molar-refractivity contribution in [2.75, 3.05) is 5.32 Å². The average Bonchev–Trinajstić information content (AvgIpc) is 2.34. The van der Waals surface area contributed by atoms with Crippen molar-refractivity contribution in [1.29, 1.82) is 0 Å². The molecule has 0 fully saturated rings. The molecule has 0 unspecified atom stereocenters. The largest absolute Gasteiger partial charge is 0.388 e. The van der Waals surface area contributed by atoms with E-state index >= 15 is 0 Å². The Kier molecular flexibility index (Phi) is 2.39. The van der Waals surface area contributed by atoms with Crippen molar-refractivity contribution < 1.29 is 4.79 Å². The summed E-state index contributed by atoms with van der Waals surface area (Å²) >= 11 is 4.72. The quantitative estimate of drug-likeness (QED) is 0.496. The normalized spacial score (nSPS) is 9.42.